The number of fused-ring (bicyclic) bond motifs is 1. The van der Waals surface area contributed by atoms with E-state index in [1.54, 1.807) is 6.08 Å². The Morgan fingerprint density at radius 2 is 2.32 bits per heavy atom. The highest BCUT2D eigenvalue weighted by atomic mass is 35.5. The number of aromatic nitrogens is 1. The molecule has 3 rings (SSSR count). The third kappa shape index (κ3) is 2.91. The second-order valence-electron chi connectivity index (χ2n) is 4.75. The van der Waals surface area contributed by atoms with Gasteiger partial charge in [-0.2, -0.15) is 0 Å². The molecule has 0 N–H and O–H groups in total. The largest absolute Gasteiger partial charge is 0.391 e. The summed E-state index contributed by atoms with van der Waals surface area (Å²) in [5.74, 6) is 0.583. The first-order valence-corrected chi connectivity index (χ1v) is 7.29. The van der Waals surface area contributed by atoms with Gasteiger partial charge in [0.2, 0.25) is 0 Å². The van der Waals surface area contributed by atoms with Crippen LogP contribution < -0.4 is 0 Å². The van der Waals surface area contributed by atoms with Crippen LogP contribution in [0.25, 0.3) is 0 Å². The van der Waals surface area contributed by atoms with Crippen molar-refractivity contribution in [3.63, 3.8) is 0 Å². The summed E-state index contributed by atoms with van der Waals surface area (Å²) >= 11 is 6.26. The number of hydrogen-bond donors (Lipinski definition) is 0. The van der Waals surface area contributed by atoms with Crippen molar-refractivity contribution in [2.45, 2.75) is 12.5 Å². The van der Waals surface area contributed by atoms with Gasteiger partial charge in [-0.3, -0.25) is 0 Å². The second kappa shape index (κ2) is 6.77. The van der Waals surface area contributed by atoms with Crippen molar-refractivity contribution in [2.75, 3.05) is 13.2 Å². The Hall–Kier alpha value is -2.11. The molecule has 0 spiro atoms. The van der Waals surface area contributed by atoms with Crippen molar-refractivity contribution in [2.24, 2.45) is 5.16 Å². The molecule has 0 saturated carbocycles. The molecule has 1 aliphatic heterocycles. The van der Waals surface area contributed by atoms with Gasteiger partial charge >= 0.3 is 0 Å². The summed E-state index contributed by atoms with van der Waals surface area (Å²) in [4.78, 5) is 4.99. The van der Waals surface area contributed by atoms with E-state index in [0.29, 0.717) is 30.4 Å². The molecule has 1 atom stereocenters. The summed E-state index contributed by atoms with van der Waals surface area (Å²) in [6.07, 6.45) is 3.53. The van der Waals surface area contributed by atoms with E-state index in [2.05, 4.69) is 16.9 Å². The van der Waals surface area contributed by atoms with E-state index in [9.17, 15) is 0 Å². The fourth-order valence-electron chi connectivity index (χ4n) is 2.36. The molecule has 2 aromatic rings. The van der Waals surface area contributed by atoms with Gasteiger partial charge in [-0.05, 0) is 6.07 Å². The molecule has 0 saturated heterocycles. The van der Waals surface area contributed by atoms with Crippen LogP contribution in [-0.2, 0) is 16.0 Å². The van der Waals surface area contributed by atoms with Crippen LogP contribution in [0.5, 0.6) is 0 Å². The van der Waals surface area contributed by atoms with Crippen LogP contribution in [0.1, 0.15) is 28.7 Å². The monoisotopic (exact) mass is 318 g/mol. The number of ether oxygens (including phenoxy) is 1. The molecule has 0 bridgehead atoms. The maximum absolute atomic E-state index is 6.26. The van der Waals surface area contributed by atoms with Crippen molar-refractivity contribution in [3.8, 4) is 0 Å². The zero-order valence-corrected chi connectivity index (χ0v) is 12.6. The molecule has 1 aromatic heterocycles. The van der Waals surface area contributed by atoms with Crippen molar-refractivity contribution in [3.05, 3.63) is 64.5 Å². The van der Waals surface area contributed by atoms with Crippen LogP contribution >= 0.6 is 11.6 Å². The number of oxime groups is 1. The van der Waals surface area contributed by atoms with E-state index in [1.165, 1.54) is 6.21 Å². The lowest BCUT2D eigenvalue weighted by molar-refractivity contribution is 0.0657. The number of nitrogens with zero attached hydrogens (tertiary/aromatic N) is 2. The van der Waals surface area contributed by atoms with Crippen LogP contribution in [-0.4, -0.2) is 24.6 Å². The Balaban J connectivity index is 1.89. The predicted octanol–water partition coefficient (Wildman–Crippen LogP) is 3.53. The number of halogens is 1. The first kappa shape index (κ1) is 14.8. The summed E-state index contributed by atoms with van der Waals surface area (Å²) in [6.45, 7) is 4.47. The van der Waals surface area contributed by atoms with E-state index < -0.39 is 0 Å². The van der Waals surface area contributed by atoms with Gasteiger partial charge in [0.05, 0.1) is 6.61 Å². The Bertz CT molecular complexity index is 696. The highest BCUT2D eigenvalue weighted by Crippen LogP contribution is 2.36. The Morgan fingerprint density at radius 1 is 1.45 bits per heavy atom. The minimum Gasteiger partial charge on any atom is -0.391 e. The topological polar surface area (TPSA) is 56.9 Å². The molecular weight excluding hydrogens is 304 g/mol. The number of hydrogen-bond acceptors (Lipinski definition) is 5. The first-order chi connectivity index (χ1) is 10.8. The van der Waals surface area contributed by atoms with Crippen LogP contribution in [0.4, 0.5) is 0 Å². The molecule has 0 amide bonds. The Kier molecular flexibility index (Phi) is 4.56. The van der Waals surface area contributed by atoms with E-state index in [0.717, 1.165) is 16.8 Å². The SMILES string of the molecule is C=CCON=Cc1onc2c1CCOC2c1ccccc1Cl. The number of rotatable bonds is 5. The van der Waals surface area contributed by atoms with Gasteiger partial charge in [0.15, 0.2) is 5.76 Å². The van der Waals surface area contributed by atoms with E-state index in [4.69, 9.17) is 25.7 Å². The summed E-state index contributed by atoms with van der Waals surface area (Å²) in [5.41, 5.74) is 2.59. The third-order valence-corrected chi connectivity index (χ3v) is 3.70. The van der Waals surface area contributed by atoms with Crippen molar-refractivity contribution >= 4 is 17.8 Å². The molecule has 22 heavy (non-hydrogen) atoms. The fourth-order valence-corrected chi connectivity index (χ4v) is 2.59. The van der Waals surface area contributed by atoms with Gasteiger partial charge in [0, 0.05) is 22.6 Å². The van der Waals surface area contributed by atoms with Crippen molar-refractivity contribution in [1.29, 1.82) is 0 Å². The fraction of sp³-hybridized carbons (Fsp3) is 0.250. The highest BCUT2D eigenvalue weighted by molar-refractivity contribution is 6.31. The number of benzene rings is 1. The molecule has 1 unspecified atom stereocenters. The van der Waals surface area contributed by atoms with Gasteiger partial charge in [-0.25, -0.2) is 0 Å². The predicted molar refractivity (Wildman–Crippen MR) is 83.2 cm³/mol. The molecular formula is C16H15ClN2O3. The molecule has 2 heterocycles. The molecule has 0 fully saturated rings. The van der Waals surface area contributed by atoms with Crippen LogP contribution in [0, 0.1) is 0 Å². The lowest BCUT2D eigenvalue weighted by Gasteiger charge is -2.22. The average molecular weight is 319 g/mol. The minimum atomic E-state index is -0.322. The molecule has 6 heteroatoms. The molecule has 0 aliphatic carbocycles. The minimum absolute atomic E-state index is 0.322. The first-order valence-electron chi connectivity index (χ1n) is 6.92. The summed E-state index contributed by atoms with van der Waals surface area (Å²) in [6, 6.07) is 7.57. The highest BCUT2D eigenvalue weighted by Gasteiger charge is 2.30. The van der Waals surface area contributed by atoms with Crippen molar-refractivity contribution < 1.29 is 14.1 Å². The third-order valence-electron chi connectivity index (χ3n) is 3.36. The van der Waals surface area contributed by atoms with Crippen molar-refractivity contribution in [1.82, 2.24) is 5.16 Å². The Morgan fingerprint density at radius 3 is 3.14 bits per heavy atom. The molecule has 114 valence electrons. The van der Waals surface area contributed by atoms with Gasteiger partial charge < -0.3 is 14.1 Å². The van der Waals surface area contributed by atoms with Crippen LogP contribution in [0.2, 0.25) is 5.02 Å². The summed E-state index contributed by atoms with van der Waals surface area (Å²) in [7, 11) is 0. The molecule has 5 nitrogen and oxygen atoms in total. The molecule has 0 radical (unpaired) electrons. The standard InChI is InChI=1S/C16H15ClN2O3/c1-2-8-21-18-10-14-12-7-9-20-16(15(12)19-22-14)11-5-3-4-6-13(11)17/h2-6,10,16H,1,7-9H2. The van der Waals surface area contributed by atoms with E-state index in [-0.39, 0.29) is 6.10 Å². The normalized spacial score (nSPS) is 17.4. The molecule has 1 aromatic carbocycles. The van der Waals surface area contributed by atoms with Crippen LogP contribution in [0.15, 0.2) is 46.6 Å². The lowest BCUT2D eigenvalue weighted by Crippen LogP contribution is -2.17. The average Bonchev–Trinajstić information content (AvgIpc) is 2.95. The summed E-state index contributed by atoms with van der Waals surface area (Å²) in [5, 5.41) is 8.61. The zero-order chi connectivity index (χ0) is 15.4. The van der Waals surface area contributed by atoms with Gasteiger partial charge in [-0.1, -0.05) is 52.8 Å². The van der Waals surface area contributed by atoms with E-state index in [1.807, 2.05) is 24.3 Å². The maximum Gasteiger partial charge on any atom is 0.184 e. The quantitative estimate of drug-likeness (QED) is 0.366. The van der Waals surface area contributed by atoms with Gasteiger partial charge in [-0.15, -0.1) is 0 Å². The van der Waals surface area contributed by atoms with Crippen LogP contribution in [0.3, 0.4) is 0 Å². The second-order valence-corrected chi connectivity index (χ2v) is 5.16. The maximum atomic E-state index is 6.26. The van der Waals surface area contributed by atoms with Gasteiger partial charge in [0.1, 0.15) is 24.6 Å². The Labute approximate surface area is 133 Å². The smallest absolute Gasteiger partial charge is 0.184 e. The summed E-state index contributed by atoms with van der Waals surface area (Å²) < 4.78 is 11.2. The van der Waals surface area contributed by atoms with Gasteiger partial charge in [0.25, 0.3) is 0 Å². The van der Waals surface area contributed by atoms with E-state index >= 15 is 0 Å². The lowest BCUT2D eigenvalue weighted by atomic mass is 9.98. The zero-order valence-electron chi connectivity index (χ0n) is 11.9. The molecule has 1 aliphatic rings.